The van der Waals surface area contributed by atoms with E-state index in [1.807, 2.05) is 0 Å². The van der Waals surface area contributed by atoms with Crippen LogP contribution >= 0.6 is 12.2 Å². The van der Waals surface area contributed by atoms with Crippen LogP contribution < -0.4 is 16.2 Å². The molecule has 6 aliphatic carbocycles. The Morgan fingerprint density at radius 1 is 0.851 bits per heavy atom. The number of nitrogens with one attached hydrogen (secondary N) is 3. The Morgan fingerprint density at radius 2 is 1.53 bits per heavy atom. The van der Waals surface area contributed by atoms with Crippen molar-refractivity contribution in [1.29, 1.82) is 0 Å². The number of ether oxygens (including phenoxy) is 1. The van der Waals surface area contributed by atoms with E-state index in [1.54, 1.807) is 0 Å². The molecule has 0 bridgehead atoms. The molecule has 8 heteroatoms. The number of carbonyl (C=O) groups excluding carboxylic acids is 3. The number of esters is 1. The predicted octanol–water partition coefficient (Wildman–Crippen LogP) is 7.73. The molecule has 0 spiro atoms. The fourth-order valence-electron chi connectivity index (χ4n) is 12.5. The zero-order valence-corrected chi connectivity index (χ0v) is 31.2. The summed E-state index contributed by atoms with van der Waals surface area (Å²) in [5.74, 6) is 0.484. The van der Waals surface area contributed by atoms with Crippen molar-refractivity contribution in [3.63, 3.8) is 0 Å². The number of hydrazine groups is 1. The first-order chi connectivity index (χ1) is 21.9. The Hall–Kier alpha value is -1.96. The largest absolute Gasteiger partial charge is 0.462 e. The second kappa shape index (κ2) is 11.8. The van der Waals surface area contributed by atoms with Crippen molar-refractivity contribution in [2.45, 2.75) is 157 Å². The third-order valence-corrected chi connectivity index (χ3v) is 15.8. The lowest BCUT2D eigenvalue weighted by Gasteiger charge is -2.70. The van der Waals surface area contributed by atoms with E-state index in [2.05, 4.69) is 70.7 Å². The first-order valence-electron chi connectivity index (χ1n) is 18.7. The van der Waals surface area contributed by atoms with Crippen LogP contribution in [-0.4, -0.2) is 34.9 Å². The Balaban J connectivity index is 1.25. The van der Waals surface area contributed by atoms with Crippen LogP contribution in [0.1, 0.15) is 145 Å². The van der Waals surface area contributed by atoms with E-state index < -0.39 is 5.41 Å². The Labute approximate surface area is 288 Å². The average Bonchev–Trinajstić information content (AvgIpc) is 2.99. The van der Waals surface area contributed by atoms with Crippen molar-refractivity contribution in [3.05, 3.63) is 11.6 Å². The van der Waals surface area contributed by atoms with Crippen molar-refractivity contribution in [1.82, 2.24) is 16.2 Å². The smallest absolute Gasteiger partial charge is 0.302 e. The summed E-state index contributed by atoms with van der Waals surface area (Å²) in [6, 6.07) is 0.375. The van der Waals surface area contributed by atoms with Crippen molar-refractivity contribution in [2.24, 2.45) is 50.2 Å². The van der Waals surface area contributed by atoms with Crippen LogP contribution in [0.4, 0.5) is 0 Å². The van der Waals surface area contributed by atoms with E-state index in [-0.39, 0.29) is 62.7 Å². The third kappa shape index (κ3) is 5.49. The summed E-state index contributed by atoms with van der Waals surface area (Å²) in [5, 5.41) is 3.89. The lowest BCUT2D eigenvalue weighted by atomic mass is 9.33. The van der Waals surface area contributed by atoms with E-state index in [0.717, 1.165) is 70.6 Å². The number of rotatable bonds is 3. The maximum Gasteiger partial charge on any atom is 0.302 e. The van der Waals surface area contributed by atoms with Crippen molar-refractivity contribution in [2.75, 3.05) is 0 Å². The van der Waals surface area contributed by atoms with Gasteiger partial charge in [0.15, 0.2) is 10.9 Å². The standard InChI is InChI=1S/C39H61N3O4S/c1-24(43)46-30-15-16-37(6)29(34(30,2)3)14-17-39(8)31(37)28(44)22-26-27-23-36(5,19-18-35(27,4)20-21-38(26,39)7)32(45)41-42-33(47)40-25-12-10-9-11-13-25/h22,25,27,29-31H,9-21,23H2,1-8H3,(H,41,45)(H2,40,42,47)/t27-,29-,30-,31+,35+,36-,37-,38+,39+/m0/s1. The molecule has 6 rings (SSSR count). The summed E-state index contributed by atoms with van der Waals surface area (Å²) in [4.78, 5) is 40.6. The average molecular weight is 668 g/mol. The quantitative estimate of drug-likeness (QED) is 0.161. The van der Waals surface area contributed by atoms with Gasteiger partial charge >= 0.3 is 5.97 Å². The van der Waals surface area contributed by atoms with Crippen LogP contribution in [0.15, 0.2) is 11.6 Å². The van der Waals surface area contributed by atoms with Gasteiger partial charge in [0.05, 0.1) is 0 Å². The minimum atomic E-state index is -0.555. The molecular formula is C39H61N3O4S. The number of fused-ring (bicyclic) bond motifs is 7. The Kier molecular flexibility index (Phi) is 8.78. The molecule has 0 aliphatic heterocycles. The van der Waals surface area contributed by atoms with Crippen molar-refractivity contribution in [3.8, 4) is 0 Å². The lowest BCUT2D eigenvalue weighted by Crippen LogP contribution is -2.67. The molecule has 0 unspecified atom stereocenters. The molecule has 0 aromatic rings. The third-order valence-electron chi connectivity index (χ3n) is 15.6. The second-order valence-corrected chi connectivity index (χ2v) is 19.0. The Morgan fingerprint density at radius 3 is 2.21 bits per heavy atom. The van der Waals surface area contributed by atoms with E-state index >= 15 is 0 Å². The molecule has 6 aliphatic rings. The van der Waals surface area contributed by atoms with Gasteiger partial charge in [-0.05, 0) is 122 Å². The van der Waals surface area contributed by atoms with Gasteiger partial charge in [-0.2, -0.15) is 0 Å². The lowest BCUT2D eigenvalue weighted by molar-refractivity contribution is -0.210. The van der Waals surface area contributed by atoms with Gasteiger partial charge in [0, 0.05) is 29.7 Å². The Bertz CT molecular complexity index is 1360. The molecule has 9 atom stereocenters. The number of hydrogen-bond donors (Lipinski definition) is 3. The first kappa shape index (κ1) is 34.9. The number of amides is 1. The highest BCUT2D eigenvalue weighted by Crippen LogP contribution is 2.75. The monoisotopic (exact) mass is 667 g/mol. The van der Waals surface area contributed by atoms with E-state index in [1.165, 1.54) is 31.8 Å². The van der Waals surface area contributed by atoms with Gasteiger partial charge in [-0.25, -0.2) is 0 Å². The molecule has 5 fully saturated rings. The van der Waals surface area contributed by atoms with Crippen molar-refractivity contribution >= 4 is 35.0 Å². The number of hydrogen-bond acceptors (Lipinski definition) is 5. The van der Waals surface area contributed by atoms with Crippen LogP contribution in [0.25, 0.3) is 0 Å². The summed E-state index contributed by atoms with van der Waals surface area (Å²) in [6.45, 7) is 17.8. The van der Waals surface area contributed by atoms with Gasteiger partial charge in [-0.1, -0.05) is 73.3 Å². The van der Waals surface area contributed by atoms with Crippen LogP contribution in [-0.2, 0) is 19.1 Å². The summed E-state index contributed by atoms with van der Waals surface area (Å²) in [5.41, 5.74) is 6.20. The van der Waals surface area contributed by atoms with Crippen molar-refractivity contribution < 1.29 is 19.1 Å². The topological polar surface area (TPSA) is 96.5 Å². The summed E-state index contributed by atoms with van der Waals surface area (Å²) in [7, 11) is 0. The highest BCUT2D eigenvalue weighted by Gasteiger charge is 2.70. The van der Waals surface area contributed by atoms with Gasteiger partial charge in [0.25, 0.3) is 0 Å². The molecule has 1 amide bonds. The van der Waals surface area contributed by atoms with Gasteiger partial charge < -0.3 is 10.1 Å². The maximum atomic E-state index is 14.7. The molecule has 0 saturated heterocycles. The molecule has 7 nitrogen and oxygen atoms in total. The second-order valence-electron chi connectivity index (χ2n) is 18.6. The summed E-state index contributed by atoms with van der Waals surface area (Å²) >= 11 is 5.55. The molecule has 262 valence electrons. The fourth-order valence-corrected chi connectivity index (χ4v) is 12.7. The van der Waals surface area contributed by atoms with Crippen LogP contribution in [0, 0.1) is 50.2 Å². The predicted molar refractivity (Wildman–Crippen MR) is 189 cm³/mol. The molecule has 5 saturated carbocycles. The number of allylic oxidation sites excluding steroid dienone is 2. The molecular weight excluding hydrogens is 607 g/mol. The highest BCUT2D eigenvalue weighted by atomic mass is 32.1. The van der Waals surface area contributed by atoms with Crippen LogP contribution in [0.2, 0.25) is 0 Å². The number of ketones is 1. The number of thiocarbonyl (C=S) groups is 1. The zero-order valence-electron chi connectivity index (χ0n) is 30.4. The maximum absolute atomic E-state index is 14.7. The van der Waals surface area contributed by atoms with E-state index in [4.69, 9.17) is 17.0 Å². The van der Waals surface area contributed by atoms with Gasteiger partial charge in [0.2, 0.25) is 5.91 Å². The van der Waals surface area contributed by atoms with Gasteiger partial charge in [0.1, 0.15) is 6.10 Å². The number of carbonyl (C=O) groups is 3. The van der Waals surface area contributed by atoms with Crippen LogP contribution in [0.5, 0.6) is 0 Å². The summed E-state index contributed by atoms with van der Waals surface area (Å²) in [6.07, 6.45) is 16.4. The first-order valence-corrected chi connectivity index (χ1v) is 19.1. The van der Waals surface area contributed by atoms with E-state index in [0.29, 0.717) is 17.1 Å². The molecule has 0 radical (unpaired) electrons. The van der Waals surface area contributed by atoms with Crippen LogP contribution in [0.3, 0.4) is 0 Å². The molecule has 0 heterocycles. The highest BCUT2D eigenvalue weighted by molar-refractivity contribution is 7.80. The minimum absolute atomic E-state index is 0.00812. The molecule has 3 N–H and O–H groups in total. The fraction of sp³-hybridized carbons (Fsp3) is 0.846. The van der Waals surface area contributed by atoms with E-state index in [9.17, 15) is 14.4 Å². The SMILES string of the molecule is CC(=O)O[C@H]1CC[C@]2(C)[C@H]3C(=O)C=C4[C@@H]5C[C@@](C)(C(=O)NNC(=S)NC6CCCCC6)CC[C@]5(C)CC[C@@]4(C)[C@]3(C)CC[C@H]2C1(C)C. The molecule has 0 aromatic carbocycles. The normalized spacial score (nSPS) is 44.3. The molecule has 0 aromatic heterocycles. The zero-order chi connectivity index (χ0) is 34.2. The summed E-state index contributed by atoms with van der Waals surface area (Å²) < 4.78 is 5.88. The molecule has 47 heavy (non-hydrogen) atoms. The van der Waals surface area contributed by atoms with Gasteiger partial charge in [-0.3, -0.25) is 25.2 Å². The van der Waals surface area contributed by atoms with Gasteiger partial charge in [-0.15, -0.1) is 0 Å². The minimum Gasteiger partial charge on any atom is -0.462 e.